The van der Waals surface area contributed by atoms with Crippen molar-refractivity contribution in [2.45, 2.75) is 0 Å². The molecule has 0 aliphatic carbocycles. The van der Waals surface area contributed by atoms with Crippen LogP contribution in [0, 0.1) is 0 Å². The summed E-state index contributed by atoms with van der Waals surface area (Å²) in [5.74, 6) is -0.784. The summed E-state index contributed by atoms with van der Waals surface area (Å²) < 4.78 is 5.57. The summed E-state index contributed by atoms with van der Waals surface area (Å²) in [6, 6.07) is 6.66. The highest BCUT2D eigenvalue weighted by Gasteiger charge is 2.05. The van der Waals surface area contributed by atoms with Gasteiger partial charge in [-0.25, -0.2) is 4.79 Å². The SMILES string of the molecule is O=C(O)CNC(=O)Oc1cccc(Br)c1. The Hall–Kier alpha value is -1.56. The van der Waals surface area contributed by atoms with Gasteiger partial charge in [0.1, 0.15) is 12.3 Å². The number of aliphatic carboxylic acids is 1. The highest BCUT2D eigenvalue weighted by atomic mass is 79.9. The number of hydrogen-bond donors (Lipinski definition) is 2. The molecule has 1 amide bonds. The Bertz CT molecular complexity index is 380. The number of benzene rings is 1. The first-order valence-electron chi connectivity index (χ1n) is 4.01. The summed E-state index contributed by atoms with van der Waals surface area (Å²) in [5.41, 5.74) is 0. The van der Waals surface area contributed by atoms with Gasteiger partial charge >= 0.3 is 12.1 Å². The zero-order valence-corrected chi connectivity index (χ0v) is 9.15. The Morgan fingerprint density at radius 1 is 1.47 bits per heavy atom. The maximum Gasteiger partial charge on any atom is 0.413 e. The van der Waals surface area contributed by atoms with Crippen molar-refractivity contribution in [2.24, 2.45) is 0 Å². The van der Waals surface area contributed by atoms with Crippen LogP contribution in [0.3, 0.4) is 0 Å². The molecule has 0 saturated carbocycles. The number of ether oxygens (including phenoxy) is 1. The van der Waals surface area contributed by atoms with Gasteiger partial charge in [0.25, 0.3) is 0 Å². The smallest absolute Gasteiger partial charge is 0.413 e. The first-order valence-corrected chi connectivity index (χ1v) is 4.80. The molecule has 0 spiro atoms. The van der Waals surface area contributed by atoms with Crippen LogP contribution in [0.4, 0.5) is 4.79 Å². The van der Waals surface area contributed by atoms with Crippen molar-refractivity contribution < 1.29 is 19.4 Å². The van der Waals surface area contributed by atoms with Gasteiger partial charge in [-0.1, -0.05) is 22.0 Å². The normalized spacial score (nSPS) is 9.40. The van der Waals surface area contributed by atoms with Gasteiger partial charge in [0.2, 0.25) is 0 Å². The number of rotatable bonds is 3. The minimum Gasteiger partial charge on any atom is -0.480 e. The number of carbonyl (C=O) groups is 2. The lowest BCUT2D eigenvalue weighted by Crippen LogP contribution is -2.31. The van der Waals surface area contributed by atoms with E-state index in [0.29, 0.717) is 5.75 Å². The van der Waals surface area contributed by atoms with Crippen LogP contribution in [0.15, 0.2) is 28.7 Å². The zero-order chi connectivity index (χ0) is 11.3. The van der Waals surface area contributed by atoms with E-state index in [0.717, 1.165) is 4.47 Å². The summed E-state index contributed by atoms with van der Waals surface area (Å²) in [4.78, 5) is 21.1. The third-order valence-electron chi connectivity index (χ3n) is 1.39. The quantitative estimate of drug-likeness (QED) is 0.878. The van der Waals surface area contributed by atoms with E-state index >= 15 is 0 Å². The second-order valence-electron chi connectivity index (χ2n) is 2.59. The first-order chi connectivity index (χ1) is 7.08. The van der Waals surface area contributed by atoms with Crippen LogP contribution < -0.4 is 10.1 Å². The lowest BCUT2D eigenvalue weighted by molar-refractivity contribution is -0.135. The molecule has 0 radical (unpaired) electrons. The van der Waals surface area contributed by atoms with Gasteiger partial charge in [-0.05, 0) is 18.2 Å². The number of carbonyl (C=O) groups excluding carboxylic acids is 1. The van der Waals surface area contributed by atoms with Gasteiger partial charge in [-0.2, -0.15) is 0 Å². The molecular weight excluding hydrogens is 266 g/mol. The molecule has 0 fully saturated rings. The topological polar surface area (TPSA) is 75.6 Å². The Balaban J connectivity index is 2.48. The van der Waals surface area contributed by atoms with Crippen molar-refractivity contribution >= 4 is 28.0 Å². The Morgan fingerprint density at radius 2 is 2.20 bits per heavy atom. The van der Waals surface area contributed by atoms with E-state index in [1.165, 1.54) is 0 Å². The minimum atomic E-state index is -1.12. The zero-order valence-electron chi connectivity index (χ0n) is 7.57. The van der Waals surface area contributed by atoms with E-state index in [2.05, 4.69) is 21.2 Å². The Kier molecular flexibility index (Phi) is 4.11. The number of carboxylic acids is 1. The van der Waals surface area contributed by atoms with Crippen molar-refractivity contribution in [1.29, 1.82) is 0 Å². The average molecular weight is 274 g/mol. The molecule has 0 aliphatic rings. The molecule has 1 aromatic carbocycles. The standard InChI is InChI=1S/C9H8BrNO4/c10-6-2-1-3-7(4-6)15-9(14)11-5-8(12)13/h1-4H,5H2,(H,11,14)(H,12,13). The van der Waals surface area contributed by atoms with Gasteiger partial charge < -0.3 is 15.2 Å². The van der Waals surface area contributed by atoms with Crippen molar-refractivity contribution in [3.8, 4) is 5.75 Å². The summed E-state index contributed by atoms with van der Waals surface area (Å²) in [5, 5.41) is 10.4. The van der Waals surface area contributed by atoms with Crippen LogP contribution in [0.1, 0.15) is 0 Å². The van der Waals surface area contributed by atoms with E-state index in [-0.39, 0.29) is 0 Å². The third kappa shape index (κ3) is 4.46. The van der Waals surface area contributed by atoms with Gasteiger partial charge in [0.05, 0.1) is 0 Å². The van der Waals surface area contributed by atoms with Crippen LogP contribution in [0.25, 0.3) is 0 Å². The Labute approximate surface area is 94.2 Å². The molecule has 0 aromatic heterocycles. The second kappa shape index (κ2) is 5.35. The third-order valence-corrected chi connectivity index (χ3v) is 1.88. The van der Waals surface area contributed by atoms with E-state index < -0.39 is 18.6 Å². The molecule has 15 heavy (non-hydrogen) atoms. The van der Waals surface area contributed by atoms with Crippen LogP contribution in [0.5, 0.6) is 5.75 Å². The summed E-state index contributed by atoms with van der Waals surface area (Å²) in [6.07, 6.45) is -0.796. The van der Waals surface area contributed by atoms with E-state index in [1.54, 1.807) is 24.3 Å². The van der Waals surface area contributed by atoms with E-state index in [4.69, 9.17) is 9.84 Å². The molecule has 1 aromatic rings. The monoisotopic (exact) mass is 273 g/mol. The second-order valence-corrected chi connectivity index (χ2v) is 3.51. The highest BCUT2D eigenvalue weighted by Crippen LogP contribution is 2.17. The molecule has 0 saturated heterocycles. The van der Waals surface area contributed by atoms with E-state index in [9.17, 15) is 9.59 Å². The highest BCUT2D eigenvalue weighted by molar-refractivity contribution is 9.10. The first kappa shape index (κ1) is 11.5. The van der Waals surface area contributed by atoms with Crippen molar-refractivity contribution in [3.63, 3.8) is 0 Å². The molecule has 0 unspecified atom stereocenters. The summed E-state index contributed by atoms with van der Waals surface area (Å²) in [6.45, 7) is -0.465. The molecule has 0 heterocycles. The van der Waals surface area contributed by atoms with E-state index in [1.807, 2.05) is 0 Å². The lowest BCUT2D eigenvalue weighted by atomic mass is 10.3. The molecule has 80 valence electrons. The molecule has 6 heteroatoms. The molecule has 2 N–H and O–H groups in total. The van der Waals surface area contributed by atoms with Crippen LogP contribution in [-0.2, 0) is 4.79 Å². The molecular formula is C9H8BrNO4. The van der Waals surface area contributed by atoms with Gasteiger partial charge in [-0.15, -0.1) is 0 Å². The van der Waals surface area contributed by atoms with Crippen LogP contribution >= 0.6 is 15.9 Å². The van der Waals surface area contributed by atoms with Crippen molar-refractivity contribution in [2.75, 3.05) is 6.54 Å². The predicted octanol–water partition coefficient (Wildman–Crippen LogP) is 1.62. The Morgan fingerprint density at radius 3 is 2.80 bits per heavy atom. The summed E-state index contributed by atoms with van der Waals surface area (Å²) in [7, 11) is 0. The van der Waals surface area contributed by atoms with Crippen molar-refractivity contribution in [1.82, 2.24) is 5.32 Å². The number of halogens is 1. The average Bonchev–Trinajstić information content (AvgIpc) is 2.15. The van der Waals surface area contributed by atoms with Crippen molar-refractivity contribution in [3.05, 3.63) is 28.7 Å². The molecule has 5 nitrogen and oxygen atoms in total. The fourth-order valence-corrected chi connectivity index (χ4v) is 1.20. The summed E-state index contributed by atoms with van der Waals surface area (Å²) >= 11 is 3.21. The minimum absolute atomic E-state index is 0.340. The van der Waals surface area contributed by atoms with Gasteiger partial charge in [0, 0.05) is 4.47 Å². The molecule has 0 atom stereocenters. The predicted molar refractivity (Wildman–Crippen MR) is 55.8 cm³/mol. The van der Waals surface area contributed by atoms with Crippen LogP contribution in [-0.4, -0.2) is 23.7 Å². The molecule has 0 bridgehead atoms. The number of amides is 1. The van der Waals surface area contributed by atoms with Crippen LogP contribution in [0.2, 0.25) is 0 Å². The largest absolute Gasteiger partial charge is 0.480 e. The maximum atomic E-state index is 11.0. The maximum absolute atomic E-state index is 11.0. The molecule has 1 rings (SSSR count). The fraction of sp³-hybridized carbons (Fsp3) is 0.111. The fourth-order valence-electron chi connectivity index (χ4n) is 0.821. The number of hydrogen-bond acceptors (Lipinski definition) is 3. The number of carboxylic acid groups (broad SMARTS) is 1. The van der Waals surface area contributed by atoms with Gasteiger partial charge in [0.15, 0.2) is 0 Å². The lowest BCUT2D eigenvalue weighted by Gasteiger charge is -2.04. The number of nitrogens with one attached hydrogen (secondary N) is 1. The van der Waals surface area contributed by atoms with Gasteiger partial charge in [-0.3, -0.25) is 4.79 Å². The molecule has 0 aliphatic heterocycles.